The van der Waals surface area contributed by atoms with Crippen molar-refractivity contribution in [2.75, 3.05) is 3.86 Å². The van der Waals surface area contributed by atoms with E-state index < -0.39 is 13.5 Å². The van der Waals surface area contributed by atoms with Gasteiger partial charge in [0, 0.05) is 0 Å². The molecular weight excluding hydrogens is 639 g/mol. The molecule has 7 aromatic carbocycles. The number of anilines is 2. The summed E-state index contributed by atoms with van der Waals surface area (Å²) in [6.07, 6.45) is 2.29. The maximum absolute atomic E-state index is 2.89. The van der Waals surface area contributed by atoms with E-state index in [-0.39, 0.29) is 0 Å². The molecule has 0 atom stereocenters. The van der Waals surface area contributed by atoms with Gasteiger partial charge in [0.1, 0.15) is 0 Å². The number of aryl methyl sites for hydroxylation is 2. The molecule has 230 valence electrons. The van der Waals surface area contributed by atoms with E-state index in [1.807, 2.05) is 0 Å². The summed E-state index contributed by atoms with van der Waals surface area (Å²) in [7, 11) is 0. The third-order valence-corrected chi connectivity index (χ3v) is 20.9. The number of rotatable bonds is 5. The summed E-state index contributed by atoms with van der Waals surface area (Å²) in [5.74, 6) is 0. The zero-order valence-corrected chi connectivity index (χ0v) is 29.1. The zero-order chi connectivity index (χ0) is 31.9. The van der Waals surface area contributed by atoms with Crippen LogP contribution in [0.4, 0.5) is 11.4 Å². The van der Waals surface area contributed by atoms with E-state index in [0.717, 1.165) is 12.8 Å². The molecule has 0 aliphatic carbocycles. The summed E-state index contributed by atoms with van der Waals surface area (Å²) in [6.45, 7) is 0. The van der Waals surface area contributed by atoms with Crippen molar-refractivity contribution in [3.8, 4) is 44.5 Å². The molecule has 0 saturated heterocycles. The molecule has 0 fully saturated rings. The fourth-order valence-corrected chi connectivity index (χ4v) is 18.8. The molecule has 0 saturated carbocycles. The van der Waals surface area contributed by atoms with Gasteiger partial charge in [-0.15, -0.1) is 0 Å². The van der Waals surface area contributed by atoms with E-state index in [9.17, 15) is 0 Å². The molecule has 48 heavy (non-hydrogen) atoms. The normalized spacial score (nSPS) is 14.5. The van der Waals surface area contributed by atoms with Crippen LogP contribution in [0, 0.1) is 0 Å². The Hall–Kier alpha value is -5.12. The Morgan fingerprint density at radius 3 is 1.17 bits per heavy atom. The van der Waals surface area contributed by atoms with Crippen molar-refractivity contribution in [2.45, 2.75) is 23.3 Å². The summed E-state index contributed by atoms with van der Waals surface area (Å²) >= 11 is -2.74. The van der Waals surface area contributed by atoms with Gasteiger partial charge >= 0.3 is 288 Å². The van der Waals surface area contributed by atoms with E-state index >= 15 is 0 Å². The molecule has 2 aliphatic heterocycles. The first-order valence-corrected chi connectivity index (χ1v) is 22.1. The Balaban J connectivity index is 1.13. The molecule has 0 spiro atoms. The molecule has 0 amide bonds. The Bertz CT molecular complexity index is 2100. The Morgan fingerprint density at radius 1 is 0.333 bits per heavy atom. The number of hydrogen-bond acceptors (Lipinski definition) is 1. The minimum absolute atomic E-state index is 1.15. The van der Waals surface area contributed by atoms with E-state index in [4.69, 9.17) is 0 Å². The molecule has 2 heterocycles. The van der Waals surface area contributed by atoms with Crippen molar-refractivity contribution in [3.63, 3.8) is 0 Å². The average Bonchev–Trinajstić information content (AvgIpc) is 3.18. The Kier molecular flexibility index (Phi) is 7.36. The van der Waals surface area contributed by atoms with Gasteiger partial charge in [-0.1, -0.05) is 0 Å². The molecule has 1 nitrogen and oxygen atoms in total. The molecule has 9 rings (SSSR count). The summed E-state index contributed by atoms with van der Waals surface area (Å²) in [5, 5.41) is 2.57. The van der Waals surface area contributed by atoms with Gasteiger partial charge in [-0.25, -0.2) is 0 Å². The topological polar surface area (TPSA) is 3.24 Å². The third-order valence-electron chi connectivity index (χ3n) is 10.6. The summed E-state index contributed by atoms with van der Waals surface area (Å²) in [6, 6.07) is 65.5. The maximum atomic E-state index is 2.89. The molecule has 0 bridgehead atoms. The molecule has 2 aliphatic rings. The molecule has 0 unspecified atom stereocenters. The monoisotopic (exact) mass is 677 g/mol. The van der Waals surface area contributed by atoms with Gasteiger partial charge in [0.25, 0.3) is 0 Å². The van der Waals surface area contributed by atoms with Crippen molar-refractivity contribution < 1.29 is 0 Å². The molecule has 7 aromatic rings. The Morgan fingerprint density at radius 2 is 0.708 bits per heavy atom. The SMILES string of the molecule is c1ccc(-c2cccc(-c3ccc4c(c3)C[CH2][Ge]3([c]5ccccc5)[CH2]Cc5cc(-c6cccc(-c7ccccc7)c6)ccc5[N]43)c2)cc1. The minimum atomic E-state index is -2.74. The van der Waals surface area contributed by atoms with Gasteiger partial charge in [-0.3, -0.25) is 0 Å². The molecular formula is C46H37GeN. The fraction of sp³-hybridized carbons (Fsp3) is 0.0870. The number of fused-ring (bicyclic) bond motifs is 5. The Labute approximate surface area is 286 Å². The van der Waals surface area contributed by atoms with Crippen LogP contribution in [0.5, 0.6) is 0 Å². The van der Waals surface area contributed by atoms with E-state index in [1.165, 1.54) is 77.5 Å². The van der Waals surface area contributed by atoms with Gasteiger partial charge < -0.3 is 0 Å². The second kappa shape index (κ2) is 12.2. The van der Waals surface area contributed by atoms with Crippen LogP contribution in [0.2, 0.25) is 10.5 Å². The van der Waals surface area contributed by atoms with E-state index in [0.29, 0.717) is 0 Å². The van der Waals surface area contributed by atoms with Crippen molar-refractivity contribution in [1.29, 1.82) is 0 Å². The van der Waals surface area contributed by atoms with Crippen molar-refractivity contribution in [3.05, 3.63) is 187 Å². The summed E-state index contributed by atoms with van der Waals surface area (Å²) in [4.78, 5) is 0. The molecule has 0 N–H and O–H groups in total. The van der Waals surface area contributed by atoms with Gasteiger partial charge in [-0.2, -0.15) is 0 Å². The van der Waals surface area contributed by atoms with E-state index in [2.05, 4.69) is 180 Å². The molecule has 0 radical (unpaired) electrons. The van der Waals surface area contributed by atoms with Crippen LogP contribution in [0.25, 0.3) is 44.5 Å². The van der Waals surface area contributed by atoms with Gasteiger partial charge in [-0.05, 0) is 0 Å². The molecule has 0 aromatic heterocycles. The van der Waals surface area contributed by atoms with E-state index in [1.54, 1.807) is 4.40 Å². The summed E-state index contributed by atoms with van der Waals surface area (Å²) < 4.78 is 4.49. The van der Waals surface area contributed by atoms with Crippen LogP contribution in [-0.2, 0) is 12.8 Å². The van der Waals surface area contributed by atoms with Crippen molar-refractivity contribution in [1.82, 2.24) is 0 Å². The van der Waals surface area contributed by atoms with Crippen LogP contribution < -0.4 is 8.25 Å². The van der Waals surface area contributed by atoms with Crippen LogP contribution in [0.15, 0.2) is 176 Å². The zero-order valence-electron chi connectivity index (χ0n) is 27.0. The number of benzene rings is 7. The number of nitrogens with zero attached hydrogens (tertiary/aromatic N) is 1. The standard InChI is InChI=1S/C46H37GeN/c1-4-12-34(13-5-1)36-16-10-18-38(30-36)40-22-24-45-42(32-40)26-28-47(44-20-8-3-9-21-44)29-27-43-33-41(23-25-46(43)48(45)47)39-19-11-17-37(31-39)35-14-6-2-7-15-35/h1-25,30-33H,26-29H2. The van der Waals surface area contributed by atoms with Crippen LogP contribution in [0.1, 0.15) is 11.1 Å². The first kappa shape index (κ1) is 29.1. The second-order valence-corrected chi connectivity index (χ2v) is 21.9. The molecule has 2 heteroatoms. The van der Waals surface area contributed by atoms with Crippen molar-refractivity contribution >= 4 is 29.3 Å². The number of hydrogen-bond donors (Lipinski definition) is 0. The van der Waals surface area contributed by atoms with Gasteiger partial charge in [0.05, 0.1) is 0 Å². The fourth-order valence-electron chi connectivity index (χ4n) is 8.17. The first-order chi connectivity index (χ1) is 23.7. The predicted octanol–water partition coefficient (Wildman–Crippen LogP) is 11.5. The quantitative estimate of drug-likeness (QED) is 0.164. The van der Waals surface area contributed by atoms with Crippen LogP contribution in [-0.4, -0.2) is 13.5 Å². The van der Waals surface area contributed by atoms with Crippen LogP contribution >= 0.6 is 0 Å². The van der Waals surface area contributed by atoms with Crippen LogP contribution in [0.3, 0.4) is 0 Å². The summed E-state index contributed by atoms with van der Waals surface area (Å²) in [5.41, 5.74) is 16.0. The second-order valence-electron chi connectivity index (χ2n) is 13.3. The first-order valence-electron chi connectivity index (χ1n) is 17.2. The predicted molar refractivity (Wildman–Crippen MR) is 206 cm³/mol. The van der Waals surface area contributed by atoms with Gasteiger partial charge in [0.2, 0.25) is 0 Å². The van der Waals surface area contributed by atoms with Crippen molar-refractivity contribution in [2.24, 2.45) is 0 Å². The van der Waals surface area contributed by atoms with Gasteiger partial charge in [0.15, 0.2) is 0 Å². The third kappa shape index (κ3) is 5.10. The average molecular weight is 676 g/mol.